The summed E-state index contributed by atoms with van der Waals surface area (Å²) in [5.41, 5.74) is 0. The number of hydrogen-bond acceptors (Lipinski definition) is 4. The van der Waals surface area contributed by atoms with Crippen molar-refractivity contribution < 1.29 is 13.2 Å². The molecule has 3 unspecified atom stereocenters. The molecule has 8 heteroatoms. The predicted octanol–water partition coefficient (Wildman–Crippen LogP) is 1.69. The SMILES string of the molecule is CCNC(=NCCS(=O)(=O)C(C)(C)C)NC1CC2CCC1O2.I. The first-order chi connectivity index (χ1) is 10.2. The Morgan fingerprint density at radius 3 is 2.48 bits per heavy atom. The Morgan fingerprint density at radius 2 is 2.00 bits per heavy atom. The maximum Gasteiger partial charge on any atom is 0.191 e. The van der Waals surface area contributed by atoms with Gasteiger partial charge in [-0.3, -0.25) is 4.99 Å². The second-order valence-corrected chi connectivity index (χ2v) is 9.91. The number of hydrogen-bond donors (Lipinski definition) is 2. The van der Waals surface area contributed by atoms with E-state index in [4.69, 9.17) is 4.74 Å². The summed E-state index contributed by atoms with van der Waals surface area (Å²) in [6.07, 6.45) is 3.91. The van der Waals surface area contributed by atoms with Crippen molar-refractivity contribution in [3.05, 3.63) is 0 Å². The zero-order valence-corrected chi connectivity index (χ0v) is 17.6. The number of guanidine groups is 1. The zero-order chi connectivity index (χ0) is 16.4. The van der Waals surface area contributed by atoms with Crippen LogP contribution in [-0.4, -0.2) is 56.2 Å². The average Bonchev–Trinajstić information content (AvgIpc) is 2.99. The summed E-state index contributed by atoms with van der Waals surface area (Å²) < 4.78 is 29.3. The fourth-order valence-corrected chi connectivity index (χ4v) is 3.81. The number of ether oxygens (including phenoxy) is 1. The van der Waals surface area contributed by atoms with Crippen LogP contribution in [0, 0.1) is 0 Å². The van der Waals surface area contributed by atoms with Crippen LogP contribution in [0.1, 0.15) is 47.0 Å². The lowest BCUT2D eigenvalue weighted by Gasteiger charge is -2.23. The Morgan fingerprint density at radius 1 is 1.30 bits per heavy atom. The quantitative estimate of drug-likeness (QED) is 0.372. The molecule has 2 aliphatic heterocycles. The molecule has 2 N–H and O–H groups in total. The van der Waals surface area contributed by atoms with E-state index >= 15 is 0 Å². The molecule has 2 saturated heterocycles. The Hall–Kier alpha value is -0.0900. The first kappa shape index (κ1) is 21.0. The van der Waals surface area contributed by atoms with Crippen molar-refractivity contribution in [2.75, 3.05) is 18.8 Å². The van der Waals surface area contributed by atoms with Crippen LogP contribution < -0.4 is 10.6 Å². The van der Waals surface area contributed by atoms with Crippen LogP contribution in [0.4, 0.5) is 0 Å². The highest BCUT2D eigenvalue weighted by atomic mass is 127. The molecule has 0 aliphatic carbocycles. The van der Waals surface area contributed by atoms with E-state index in [2.05, 4.69) is 15.6 Å². The number of nitrogens with zero attached hydrogens (tertiary/aromatic N) is 1. The predicted molar refractivity (Wildman–Crippen MR) is 104 cm³/mol. The van der Waals surface area contributed by atoms with Gasteiger partial charge in [0.1, 0.15) is 0 Å². The van der Waals surface area contributed by atoms with E-state index in [-0.39, 0.29) is 48.4 Å². The van der Waals surface area contributed by atoms with Crippen molar-refractivity contribution >= 4 is 39.8 Å². The maximum atomic E-state index is 12.1. The molecule has 0 aromatic heterocycles. The van der Waals surface area contributed by atoms with Gasteiger partial charge in [-0.15, -0.1) is 24.0 Å². The first-order valence-electron chi connectivity index (χ1n) is 8.15. The molecular weight excluding hydrogens is 429 g/mol. The largest absolute Gasteiger partial charge is 0.373 e. The number of nitrogens with one attached hydrogen (secondary N) is 2. The van der Waals surface area contributed by atoms with Crippen LogP contribution in [0.3, 0.4) is 0 Å². The molecule has 0 aromatic carbocycles. The van der Waals surface area contributed by atoms with Gasteiger partial charge in [0.05, 0.1) is 35.3 Å². The van der Waals surface area contributed by atoms with Gasteiger partial charge < -0.3 is 15.4 Å². The minimum atomic E-state index is -3.13. The van der Waals surface area contributed by atoms with E-state index in [0.29, 0.717) is 12.1 Å². The molecule has 0 spiro atoms. The smallest absolute Gasteiger partial charge is 0.191 e. The summed E-state index contributed by atoms with van der Waals surface area (Å²) in [4.78, 5) is 4.42. The molecule has 136 valence electrons. The number of aliphatic imine (C=N–C) groups is 1. The normalized spacial score (nSPS) is 27.7. The van der Waals surface area contributed by atoms with Crippen LogP contribution in [0.15, 0.2) is 4.99 Å². The third-order valence-electron chi connectivity index (χ3n) is 4.34. The van der Waals surface area contributed by atoms with Crippen LogP contribution in [0.2, 0.25) is 0 Å². The maximum absolute atomic E-state index is 12.1. The highest BCUT2D eigenvalue weighted by Gasteiger charge is 2.41. The van der Waals surface area contributed by atoms with Crippen molar-refractivity contribution in [2.24, 2.45) is 4.99 Å². The summed E-state index contributed by atoms with van der Waals surface area (Å²) in [5.74, 6) is 0.757. The monoisotopic (exact) mass is 459 g/mol. The number of halogens is 1. The Bertz CT molecular complexity index is 517. The van der Waals surface area contributed by atoms with E-state index in [0.717, 1.165) is 25.8 Å². The number of rotatable bonds is 5. The van der Waals surface area contributed by atoms with Gasteiger partial charge in [-0.25, -0.2) is 8.42 Å². The minimum absolute atomic E-state index is 0. The molecule has 0 amide bonds. The van der Waals surface area contributed by atoms with Gasteiger partial charge in [0.25, 0.3) is 0 Å². The summed E-state index contributed by atoms with van der Waals surface area (Å²) in [6.45, 7) is 8.20. The summed E-state index contributed by atoms with van der Waals surface area (Å²) in [5, 5.41) is 6.57. The standard InChI is InChI=1S/C15H29N3O3S.HI/c1-5-16-14(17-8-9-22(19,20)15(2,3)4)18-12-10-11-6-7-13(12)21-11;/h11-13H,5-10H2,1-4H3,(H2,16,17,18);1H. The van der Waals surface area contributed by atoms with Crippen molar-refractivity contribution in [3.8, 4) is 0 Å². The van der Waals surface area contributed by atoms with E-state index < -0.39 is 14.6 Å². The van der Waals surface area contributed by atoms with Crippen LogP contribution in [0.25, 0.3) is 0 Å². The van der Waals surface area contributed by atoms with Gasteiger partial charge in [0.15, 0.2) is 15.8 Å². The van der Waals surface area contributed by atoms with Crippen molar-refractivity contribution in [2.45, 2.75) is 70.0 Å². The summed E-state index contributed by atoms with van der Waals surface area (Å²) in [7, 11) is -3.13. The lowest BCUT2D eigenvalue weighted by Crippen LogP contribution is -2.47. The van der Waals surface area contributed by atoms with E-state index in [9.17, 15) is 8.42 Å². The molecule has 0 aromatic rings. The molecule has 0 radical (unpaired) electrons. The number of fused-ring (bicyclic) bond motifs is 2. The Balaban J connectivity index is 0.00000264. The highest BCUT2D eigenvalue weighted by molar-refractivity contribution is 14.0. The minimum Gasteiger partial charge on any atom is -0.373 e. The van der Waals surface area contributed by atoms with Gasteiger partial charge in [-0.05, 0) is 47.0 Å². The lowest BCUT2D eigenvalue weighted by atomic mass is 9.96. The third kappa shape index (κ3) is 5.45. The molecule has 2 heterocycles. The Labute approximate surface area is 157 Å². The van der Waals surface area contributed by atoms with Crippen LogP contribution in [-0.2, 0) is 14.6 Å². The van der Waals surface area contributed by atoms with E-state index in [1.54, 1.807) is 20.8 Å². The molecule has 3 atom stereocenters. The molecule has 2 aliphatic rings. The van der Waals surface area contributed by atoms with Crippen LogP contribution >= 0.6 is 24.0 Å². The van der Waals surface area contributed by atoms with Gasteiger partial charge in [0.2, 0.25) is 0 Å². The van der Waals surface area contributed by atoms with E-state index in [1.807, 2.05) is 6.92 Å². The summed E-state index contributed by atoms with van der Waals surface area (Å²) >= 11 is 0. The molecule has 2 bridgehead atoms. The van der Waals surface area contributed by atoms with Gasteiger partial charge in [-0.2, -0.15) is 0 Å². The second kappa shape index (κ2) is 8.33. The molecule has 23 heavy (non-hydrogen) atoms. The fraction of sp³-hybridized carbons (Fsp3) is 0.933. The highest BCUT2D eigenvalue weighted by Crippen LogP contribution is 2.34. The van der Waals surface area contributed by atoms with Gasteiger partial charge in [-0.1, -0.05) is 0 Å². The second-order valence-electron chi connectivity index (χ2n) is 7.05. The average molecular weight is 459 g/mol. The van der Waals surface area contributed by atoms with Crippen LogP contribution in [0.5, 0.6) is 0 Å². The molecule has 2 fully saturated rings. The molecule has 2 rings (SSSR count). The first-order valence-corrected chi connectivity index (χ1v) is 9.81. The van der Waals surface area contributed by atoms with Crippen molar-refractivity contribution in [3.63, 3.8) is 0 Å². The third-order valence-corrected chi connectivity index (χ3v) is 6.92. The zero-order valence-electron chi connectivity index (χ0n) is 14.5. The van der Waals surface area contributed by atoms with Gasteiger partial charge in [0, 0.05) is 6.54 Å². The van der Waals surface area contributed by atoms with Crippen molar-refractivity contribution in [1.29, 1.82) is 0 Å². The molecule has 0 saturated carbocycles. The summed E-state index contributed by atoms with van der Waals surface area (Å²) in [6, 6.07) is 0.288. The number of sulfone groups is 1. The Kier molecular flexibility index (Phi) is 7.59. The van der Waals surface area contributed by atoms with E-state index in [1.165, 1.54) is 0 Å². The lowest BCUT2D eigenvalue weighted by molar-refractivity contribution is 0.0992. The van der Waals surface area contributed by atoms with Crippen molar-refractivity contribution in [1.82, 2.24) is 10.6 Å². The fourth-order valence-electron chi connectivity index (χ4n) is 2.87. The van der Waals surface area contributed by atoms with Gasteiger partial charge >= 0.3 is 0 Å². The topological polar surface area (TPSA) is 79.8 Å². The molecular formula is C15H30IN3O3S. The molecule has 6 nitrogen and oxygen atoms in total.